The van der Waals surface area contributed by atoms with Crippen molar-refractivity contribution >= 4 is 51.8 Å². The summed E-state index contributed by atoms with van der Waals surface area (Å²) in [6.07, 6.45) is 5.39. The number of carboxylic acids is 1. The molecular formula is C46H44N6O7S. The molecular weight excluding hydrogens is 781 g/mol. The molecule has 0 atom stereocenters. The van der Waals surface area contributed by atoms with Crippen molar-refractivity contribution in [3.63, 3.8) is 0 Å². The average Bonchev–Trinajstić information content (AvgIpc) is 3.99. The van der Waals surface area contributed by atoms with Gasteiger partial charge in [-0.3, -0.25) is 14.4 Å². The van der Waals surface area contributed by atoms with Crippen LogP contribution in [-0.4, -0.2) is 43.1 Å². The number of fused-ring (bicyclic) bond motifs is 2. The molecule has 2 aliphatic rings. The third-order valence-corrected chi connectivity index (χ3v) is 10.9. The lowest BCUT2D eigenvalue weighted by molar-refractivity contribution is 0.0697. The zero-order chi connectivity index (χ0) is 42.5. The molecule has 7 rings (SSSR count). The molecule has 0 unspecified atom stereocenters. The van der Waals surface area contributed by atoms with E-state index in [-0.39, 0.29) is 58.1 Å². The molecule has 8 N–H and O–H groups in total. The minimum atomic E-state index is -1.18. The maximum absolute atomic E-state index is 13.1. The van der Waals surface area contributed by atoms with Gasteiger partial charge in [0, 0.05) is 66.4 Å². The van der Waals surface area contributed by atoms with Crippen LogP contribution in [0.25, 0.3) is 33.4 Å². The minimum Gasteiger partial charge on any atom is -0.508 e. The Morgan fingerprint density at radius 2 is 1.25 bits per heavy atom. The summed E-state index contributed by atoms with van der Waals surface area (Å²) in [4.78, 5) is 57.3. The molecule has 3 heterocycles. The van der Waals surface area contributed by atoms with Gasteiger partial charge in [0.2, 0.25) is 0 Å². The zero-order valence-electron chi connectivity index (χ0n) is 33.2. The Hall–Kier alpha value is -7.19. The van der Waals surface area contributed by atoms with Crippen molar-refractivity contribution in [3.8, 4) is 28.2 Å². The fourth-order valence-electron chi connectivity index (χ4n) is 7.99. The molecule has 5 aromatic rings. The average molecular weight is 825 g/mol. The van der Waals surface area contributed by atoms with Crippen LogP contribution in [0, 0.1) is 0 Å². The number of aromatic nitrogens is 2. The Bertz CT molecular complexity index is 2700. The van der Waals surface area contributed by atoms with Gasteiger partial charge in [0.25, 0.3) is 11.8 Å². The molecule has 0 saturated carbocycles. The molecule has 0 radical (unpaired) electrons. The van der Waals surface area contributed by atoms with Crippen LogP contribution >= 0.6 is 12.2 Å². The Morgan fingerprint density at radius 3 is 1.78 bits per heavy atom. The van der Waals surface area contributed by atoms with E-state index >= 15 is 0 Å². The Labute approximate surface area is 350 Å². The first-order valence-corrected chi connectivity index (χ1v) is 20.0. The van der Waals surface area contributed by atoms with Gasteiger partial charge in [-0.2, -0.15) is 0 Å². The summed E-state index contributed by atoms with van der Waals surface area (Å²) in [5.74, 6) is -1.44. The van der Waals surface area contributed by atoms with Gasteiger partial charge in [0.05, 0.1) is 5.56 Å². The van der Waals surface area contributed by atoms with Crippen molar-refractivity contribution in [3.05, 3.63) is 152 Å². The monoisotopic (exact) mass is 824 g/mol. The number of benzene rings is 4. The predicted molar refractivity (Wildman–Crippen MR) is 235 cm³/mol. The normalized spacial score (nSPS) is 11.1. The number of carbonyl (C=O) groups excluding carboxylic acids is 2. The minimum absolute atomic E-state index is 0.0235. The molecule has 0 bridgehead atoms. The summed E-state index contributed by atoms with van der Waals surface area (Å²) in [5.41, 5.74) is 8.91. The van der Waals surface area contributed by atoms with Gasteiger partial charge in [-0.1, -0.05) is 26.8 Å². The maximum Gasteiger partial charge on any atom is 0.336 e. The van der Waals surface area contributed by atoms with Crippen molar-refractivity contribution in [1.82, 2.24) is 25.9 Å². The highest BCUT2D eigenvalue weighted by atomic mass is 32.1. The molecule has 0 spiro atoms. The number of H-pyrrole nitrogens is 2. The Morgan fingerprint density at radius 1 is 0.683 bits per heavy atom. The summed E-state index contributed by atoms with van der Waals surface area (Å²) in [6.45, 7) is 7.06. The molecule has 3 aromatic carbocycles. The summed E-state index contributed by atoms with van der Waals surface area (Å²) in [6, 6.07) is 20.7. The van der Waals surface area contributed by atoms with Crippen molar-refractivity contribution in [2.75, 3.05) is 5.32 Å². The predicted octanol–water partition coefficient (Wildman–Crippen LogP) is 7.66. The summed E-state index contributed by atoms with van der Waals surface area (Å²) in [7, 11) is 0. The number of amides is 2. The van der Waals surface area contributed by atoms with Gasteiger partial charge < -0.3 is 45.9 Å². The van der Waals surface area contributed by atoms with Crippen LogP contribution in [0.4, 0.5) is 5.69 Å². The lowest BCUT2D eigenvalue weighted by Gasteiger charge is -2.27. The van der Waals surface area contributed by atoms with Gasteiger partial charge in [0.1, 0.15) is 28.5 Å². The number of carbonyl (C=O) groups is 3. The zero-order valence-corrected chi connectivity index (χ0v) is 34.1. The third-order valence-electron chi connectivity index (χ3n) is 10.7. The number of nitrogens with one attached hydrogen (secondary N) is 6. The van der Waals surface area contributed by atoms with E-state index in [1.54, 1.807) is 60.9 Å². The van der Waals surface area contributed by atoms with Crippen LogP contribution < -0.4 is 26.7 Å². The van der Waals surface area contributed by atoms with Crippen LogP contribution in [0.2, 0.25) is 0 Å². The van der Waals surface area contributed by atoms with Crippen LogP contribution in [-0.2, 0) is 38.9 Å². The van der Waals surface area contributed by atoms with Gasteiger partial charge in [-0.25, -0.2) is 4.79 Å². The van der Waals surface area contributed by atoms with E-state index < -0.39 is 5.97 Å². The molecule has 13 nitrogen and oxygen atoms in total. The second-order valence-electron chi connectivity index (χ2n) is 14.2. The number of rotatable bonds is 14. The number of hydrogen-bond donors (Lipinski definition) is 8. The molecule has 2 amide bonds. The van der Waals surface area contributed by atoms with Gasteiger partial charge in [0.15, 0.2) is 10.5 Å². The van der Waals surface area contributed by atoms with E-state index in [2.05, 4.69) is 52.0 Å². The van der Waals surface area contributed by atoms with E-state index in [9.17, 15) is 29.4 Å². The quantitative estimate of drug-likeness (QED) is 0.0398. The number of aromatic hydroxyl groups is 1. The molecule has 2 aromatic heterocycles. The topological polar surface area (TPSA) is 202 Å². The highest BCUT2D eigenvalue weighted by Gasteiger charge is 2.25. The van der Waals surface area contributed by atoms with Crippen LogP contribution in [0.5, 0.6) is 5.75 Å². The first-order chi connectivity index (χ1) is 29.0. The van der Waals surface area contributed by atoms with E-state index in [0.717, 1.165) is 33.4 Å². The molecule has 306 valence electrons. The van der Waals surface area contributed by atoms with E-state index in [4.69, 9.17) is 16.6 Å². The lowest BCUT2D eigenvalue weighted by atomic mass is 9.83. The van der Waals surface area contributed by atoms with E-state index in [1.807, 2.05) is 0 Å². The summed E-state index contributed by atoms with van der Waals surface area (Å²) >= 11 is 5.80. The highest BCUT2D eigenvalue weighted by molar-refractivity contribution is 7.80. The number of thiocarbonyl (C=S) groups is 1. The summed E-state index contributed by atoms with van der Waals surface area (Å²) < 4.78 is 5.96. The van der Waals surface area contributed by atoms with Crippen LogP contribution in [0.3, 0.4) is 0 Å². The second kappa shape index (κ2) is 17.7. The van der Waals surface area contributed by atoms with Gasteiger partial charge in [-0.05, 0) is 131 Å². The largest absolute Gasteiger partial charge is 0.508 e. The first kappa shape index (κ1) is 41.0. The Balaban J connectivity index is 1.20. The van der Waals surface area contributed by atoms with Gasteiger partial charge in [-0.15, -0.1) is 0 Å². The number of aromatic amines is 2. The molecule has 0 fully saturated rings. The fraction of sp³-hybridized carbons (Fsp3) is 0.196. The maximum atomic E-state index is 13.1. The van der Waals surface area contributed by atoms with Gasteiger partial charge >= 0.3 is 5.97 Å². The standard InChI is InChI=1S/C46H44N6O7S/c1-4-28-35(22-49-43(55)38-9-7-17-47-38)29(5-2)37(30(6-3)36(28)23-50-44(56)39-10-8-18-48-39)24-51-46(60)52-25-11-14-31(34(19-25)45(57)58)42-32-15-12-26(53)20-40(32)59-41-21-27(54)13-16-33(41)42/h7-21,47-48,53H,4-6,22-24H2,1-3H3,(H,49,55)(H,50,56)(H,57,58)(H2,51,52,60). The lowest BCUT2D eigenvalue weighted by Crippen LogP contribution is -2.31. The van der Waals surface area contributed by atoms with E-state index in [1.165, 1.54) is 30.3 Å². The Kier molecular flexibility index (Phi) is 12.1. The number of aromatic carboxylic acids is 1. The number of phenols is 1. The van der Waals surface area contributed by atoms with Crippen molar-refractivity contribution in [1.29, 1.82) is 0 Å². The molecule has 14 heteroatoms. The van der Waals surface area contributed by atoms with Crippen molar-refractivity contribution in [2.24, 2.45) is 0 Å². The number of phenolic OH excluding ortho intramolecular Hbond substituents is 1. The molecule has 60 heavy (non-hydrogen) atoms. The van der Waals surface area contributed by atoms with Crippen LogP contribution in [0.15, 0.2) is 100 Å². The second-order valence-corrected chi connectivity index (χ2v) is 14.6. The fourth-order valence-corrected chi connectivity index (χ4v) is 8.18. The molecule has 0 saturated heterocycles. The first-order valence-electron chi connectivity index (χ1n) is 19.6. The number of carboxylic acid groups (broad SMARTS) is 1. The highest BCUT2D eigenvalue weighted by Crippen LogP contribution is 2.42. The van der Waals surface area contributed by atoms with Crippen molar-refractivity contribution in [2.45, 2.75) is 59.7 Å². The molecule has 1 aliphatic heterocycles. The smallest absolute Gasteiger partial charge is 0.336 e. The molecule has 1 aliphatic carbocycles. The van der Waals surface area contributed by atoms with E-state index in [0.29, 0.717) is 65.0 Å². The number of anilines is 1. The number of hydrogen-bond acceptors (Lipinski definition) is 7. The van der Waals surface area contributed by atoms with Crippen LogP contribution in [0.1, 0.15) is 85.5 Å². The third kappa shape index (κ3) is 8.36. The summed E-state index contributed by atoms with van der Waals surface area (Å²) in [5, 5.41) is 34.1. The van der Waals surface area contributed by atoms with Crippen molar-refractivity contribution < 1.29 is 29.0 Å². The SMILES string of the molecule is CCc1c(CNC(=O)c2ccc[nH]2)c(CC)c(CNC(=S)Nc2ccc(-c3c4ccc(=O)cc-4oc4cc(O)ccc34)c(C(=O)O)c2)c(CC)c1CNC(=O)c1ccc[nH]1.